The second kappa shape index (κ2) is 13.3. The lowest BCUT2D eigenvalue weighted by Gasteiger charge is -2.30. The molecule has 15 heteroatoms. The molecule has 0 radical (unpaired) electrons. The Morgan fingerprint density at radius 1 is 1.10 bits per heavy atom. The van der Waals surface area contributed by atoms with Crippen LogP contribution in [0.4, 0.5) is 5.69 Å². The average molecular weight is 616 g/mol. The van der Waals surface area contributed by atoms with Gasteiger partial charge in [-0.2, -0.15) is 4.31 Å². The topological polar surface area (TPSA) is 173 Å². The van der Waals surface area contributed by atoms with Crippen LogP contribution in [0.25, 0.3) is 11.2 Å². The summed E-state index contributed by atoms with van der Waals surface area (Å²) in [5.41, 5.74) is 1.29. The predicted octanol–water partition coefficient (Wildman–Crippen LogP) is 2.82. The van der Waals surface area contributed by atoms with Gasteiger partial charge in [0.1, 0.15) is 18.4 Å². The highest BCUT2D eigenvalue weighted by Crippen LogP contribution is 2.22. The first-order chi connectivity index (χ1) is 20.0. The van der Waals surface area contributed by atoms with Gasteiger partial charge in [-0.3, -0.25) is 14.9 Å². The first-order valence-electron chi connectivity index (χ1n) is 13.0. The van der Waals surface area contributed by atoms with Crippen molar-refractivity contribution >= 4 is 44.4 Å². The molecule has 0 aliphatic rings. The predicted molar refractivity (Wildman–Crippen MR) is 155 cm³/mol. The van der Waals surface area contributed by atoms with Crippen molar-refractivity contribution in [2.24, 2.45) is 5.92 Å². The Morgan fingerprint density at radius 3 is 2.43 bits per heavy atom. The van der Waals surface area contributed by atoms with E-state index in [1.165, 1.54) is 29.4 Å². The molecule has 0 spiro atoms. The molecule has 13 nitrogen and oxygen atoms in total. The number of nitrogens with zero attached hydrogens (tertiary/aromatic N) is 6. The number of nitrogens with one attached hydrogen (secondary N) is 1. The smallest absolute Gasteiger partial charge is 0.269 e. The van der Waals surface area contributed by atoms with E-state index in [2.05, 4.69) is 20.3 Å². The minimum absolute atomic E-state index is 0.0733. The Labute approximate surface area is 247 Å². The van der Waals surface area contributed by atoms with Gasteiger partial charge in [0.15, 0.2) is 10.8 Å². The summed E-state index contributed by atoms with van der Waals surface area (Å²) in [7, 11) is -4.14. The fourth-order valence-corrected chi connectivity index (χ4v) is 6.23. The quantitative estimate of drug-likeness (QED) is 0.130. The highest BCUT2D eigenvalue weighted by Gasteiger charge is 2.31. The largest absolute Gasteiger partial charge is 0.390 e. The number of nitro groups is 1. The number of carbonyl (C=O) groups excluding carboxylic acids is 1. The number of aliphatic hydroxyl groups is 1. The van der Waals surface area contributed by atoms with Crippen molar-refractivity contribution in [2.75, 3.05) is 13.1 Å². The van der Waals surface area contributed by atoms with E-state index in [-0.39, 0.29) is 47.7 Å². The number of nitro benzene ring substituents is 1. The Kier molecular flexibility index (Phi) is 9.83. The third kappa shape index (κ3) is 7.45. The van der Waals surface area contributed by atoms with Crippen molar-refractivity contribution in [1.82, 2.24) is 29.1 Å². The molecule has 0 saturated heterocycles. The lowest BCUT2D eigenvalue weighted by Crippen LogP contribution is -2.51. The number of amides is 1. The van der Waals surface area contributed by atoms with Gasteiger partial charge in [-0.1, -0.05) is 55.8 Å². The van der Waals surface area contributed by atoms with Gasteiger partial charge in [0.2, 0.25) is 15.9 Å². The van der Waals surface area contributed by atoms with E-state index in [1.807, 2.05) is 44.2 Å². The van der Waals surface area contributed by atoms with Crippen molar-refractivity contribution in [3.8, 4) is 0 Å². The van der Waals surface area contributed by atoms with E-state index in [9.17, 15) is 28.4 Å². The number of benzene rings is 2. The number of fused-ring (bicyclic) bond motifs is 1. The Hall–Kier alpha value is -3.98. The van der Waals surface area contributed by atoms with E-state index in [1.54, 1.807) is 0 Å². The fraction of sp³-hybridized carbons (Fsp3) is 0.333. The van der Waals surface area contributed by atoms with Crippen LogP contribution in [0.15, 0.2) is 72.1 Å². The lowest BCUT2D eigenvalue weighted by atomic mass is 10.0. The normalized spacial score (nSPS) is 13.4. The van der Waals surface area contributed by atoms with Gasteiger partial charge in [0.05, 0.1) is 28.3 Å². The SMILES string of the molecule is CC(C)CN(C[C@@H](O)[C@H](Cc1ccccc1)NC(=O)Cn1cnc2c(Cl)ncnc21)S(=O)(=O)c1ccc([N+](=O)[O-])cc1. The molecular formula is C27H30ClN7O6S. The second-order valence-electron chi connectivity index (χ2n) is 10.1. The third-order valence-electron chi connectivity index (χ3n) is 6.42. The zero-order valence-electron chi connectivity index (χ0n) is 22.9. The molecule has 2 N–H and O–H groups in total. The molecule has 1 amide bonds. The van der Waals surface area contributed by atoms with Gasteiger partial charge in [-0.15, -0.1) is 0 Å². The molecule has 2 aromatic carbocycles. The molecule has 2 heterocycles. The van der Waals surface area contributed by atoms with E-state index in [0.717, 1.165) is 22.0 Å². The van der Waals surface area contributed by atoms with Crippen LogP contribution in [-0.4, -0.2) is 73.4 Å². The molecule has 0 aliphatic heterocycles. The Balaban J connectivity index is 1.57. The standard InChI is InChI=1S/C27H30ClN7O6S/c1-18(2)13-34(42(40,41)21-10-8-20(9-11-21)35(38)39)14-23(36)22(12-19-6-4-3-5-7-19)32-24(37)15-33-17-31-25-26(28)29-16-30-27(25)33/h3-11,16-18,22-23,36H,12-15H2,1-2H3,(H,32,37)/t22-,23+/m0/s1. The maximum atomic E-state index is 13.6. The summed E-state index contributed by atoms with van der Waals surface area (Å²) in [5.74, 6) is -0.562. The molecule has 0 bridgehead atoms. The molecule has 0 saturated carbocycles. The molecule has 2 aromatic heterocycles. The fourth-order valence-electron chi connectivity index (χ4n) is 4.43. The Morgan fingerprint density at radius 2 is 1.79 bits per heavy atom. The minimum Gasteiger partial charge on any atom is -0.390 e. The van der Waals surface area contributed by atoms with Crippen LogP contribution in [0.5, 0.6) is 0 Å². The van der Waals surface area contributed by atoms with Crippen molar-refractivity contribution in [2.45, 2.75) is 43.9 Å². The van der Waals surface area contributed by atoms with Gasteiger partial charge in [0.25, 0.3) is 5.69 Å². The molecule has 0 fully saturated rings. The van der Waals surface area contributed by atoms with Crippen LogP contribution in [0, 0.1) is 16.0 Å². The molecule has 4 rings (SSSR count). The van der Waals surface area contributed by atoms with Gasteiger partial charge in [0, 0.05) is 25.2 Å². The summed E-state index contributed by atoms with van der Waals surface area (Å²) >= 11 is 6.07. The minimum atomic E-state index is -4.14. The van der Waals surface area contributed by atoms with Crippen LogP contribution >= 0.6 is 11.6 Å². The number of aromatic nitrogens is 4. The van der Waals surface area contributed by atoms with Crippen molar-refractivity contribution in [3.05, 3.63) is 88.1 Å². The van der Waals surface area contributed by atoms with E-state index in [0.29, 0.717) is 11.2 Å². The van der Waals surface area contributed by atoms with E-state index in [4.69, 9.17) is 11.6 Å². The van der Waals surface area contributed by atoms with Crippen LogP contribution in [0.2, 0.25) is 5.15 Å². The van der Waals surface area contributed by atoms with Crippen LogP contribution < -0.4 is 5.32 Å². The number of imidazole rings is 1. The van der Waals surface area contributed by atoms with Gasteiger partial charge < -0.3 is 15.0 Å². The van der Waals surface area contributed by atoms with Crippen LogP contribution in [0.1, 0.15) is 19.4 Å². The van der Waals surface area contributed by atoms with Crippen molar-refractivity contribution in [1.29, 1.82) is 0 Å². The molecule has 0 aliphatic carbocycles. The first-order valence-corrected chi connectivity index (χ1v) is 14.8. The molecule has 2 atom stereocenters. The summed E-state index contributed by atoms with van der Waals surface area (Å²) < 4.78 is 29.8. The summed E-state index contributed by atoms with van der Waals surface area (Å²) in [6.07, 6.45) is 1.59. The summed E-state index contributed by atoms with van der Waals surface area (Å²) in [5, 5.41) is 25.4. The van der Waals surface area contributed by atoms with E-state index < -0.39 is 33.0 Å². The molecular weight excluding hydrogens is 586 g/mol. The molecule has 4 aromatic rings. The second-order valence-corrected chi connectivity index (χ2v) is 12.4. The Bertz CT molecular complexity index is 1650. The zero-order valence-corrected chi connectivity index (χ0v) is 24.4. The van der Waals surface area contributed by atoms with Gasteiger partial charge >= 0.3 is 0 Å². The lowest BCUT2D eigenvalue weighted by molar-refractivity contribution is -0.384. The number of carbonyl (C=O) groups is 1. The monoisotopic (exact) mass is 615 g/mol. The van der Waals surface area contributed by atoms with Crippen molar-refractivity contribution in [3.63, 3.8) is 0 Å². The highest BCUT2D eigenvalue weighted by atomic mass is 35.5. The number of aliphatic hydroxyl groups excluding tert-OH is 1. The third-order valence-corrected chi connectivity index (χ3v) is 8.55. The van der Waals surface area contributed by atoms with Crippen LogP contribution in [-0.2, 0) is 27.8 Å². The number of non-ortho nitro benzene ring substituents is 1. The van der Waals surface area contributed by atoms with Crippen LogP contribution in [0.3, 0.4) is 0 Å². The first kappa shape index (κ1) is 31.0. The number of sulfonamides is 1. The van der Waals surface area contributed by atoms with Gasteiger partial charge in [-0.25, -0.2) is 23.4 Å². The zero-order chi connectivity index (χ0) is 30.4. The number of hydrogen-bond acceptors (Lipinski definition) is 9. The summed E-state index contributed by atoms with van der Waals surface area (Å²) in [6, 6.07) is 12.9. The number of rotatable bonds is 13. The molecule has 0 unspecified atom stereocenters. The van der Waals surface area contributed by atoms with Gasteiger partial charge in [-0.05, 0) is 30.0 Å². The number of halogens is 1. The summed E-state index contributed by atoms with van der Waals surface area (Å²) in [4.78, 5) is 35.6. The maximum absolute atomic E-state index is 13.6. The summed E-state index contributed by atoms with van der Waals surface area (Å²) in [6.45, 7) is 3.23. The highest BCUT2D eigenvalue weighted by molar-refractivity contribution is 7.89. The number of hydrogen-bond donors (Lipinski definition) is 2. The van der Waals surface area contributed by atoms with Crippen molar-refractivity contribution < 1.29 is 23.2 Å². The molecule has 42 heavy (non-hydrogen) atoms. The van der Waals surface area contributed by atoms with E-state index >= 15 is 0 Å². The maximum Gasteiger partial charge on any atom is 0.269 e. The molecule has 222 valence electrons. The average Bonchev–Trinajstić information content (AvgIpc) is 3.36.